The molecule has 1 aliphatic carbocycles. The lowest BCUT2D eigenvalue weighted by atomic mass is 9.91. The minimum atomic E-state index is -0.464. The highest BCUT2D eigenvalue weighted by Gasteiger charge is 2.47. The predicted octanol–water partition coefficient (Wildman–Crippen LogP) is 0.893. The summed E-state index contributed by atoms with van der Waals surface area (Å²) >= 11 is 0. The third-order valence-corrected chi connectivity index (χ3v) is 3.67. The predicted molar refractivity (Wildman–Crippen MR) is 62.5 cm³/mol. The van der Waals surface area contributed by atoms with Gasteiger partial charge in [0.1, 0.15) is 0 Å². The molecule has 4 N–H and O–H groups in total. The lowest BCUT2D eigenvalue weighted by Crippen LogP contribution is -2.25. The highest BCUT2D eigenvalue weighted by Crippen LogP contribution is 2.53. The van der Waals surface area contributed by atoms with Crippen molar-refractivity contribution in [2.24, 2.45) is 11.1 Å². The van der Waals surface area contributed by atoms with E-state index < -0.39 is 5.76 Å². The quantitative estimate of drug-likeness (QED) is 0.735. The molecule has 1 aliphatic rings. The van der Waals surface area contributed by atoms with Crippen molar-refractivity contribution in [2.45, 2.75) is 18.9 Å². The summed E-state index contributed by atoms with van der Waals surface area (Å²) in [5.74, 6) is -0.464. The number of oxazole rings is 1. The third-order valence-electron chi connectivity index (χ3n) is 3.67. The average Bonchev–Trinajstić information content (AvgIpc) is 3.03. The molecule has 0 radical (unpaired) electrons. The topological polar surface area (TPSA) is 92.2 Å². The van der Waals surface area contributed by atoms with Crippen LogP contribution in [0.2, 0.25) is 0 Å². The third kappa shape index (κ3) is 1.59. The molecule has 1 aromatic heterocycles. The number of aliphatic hydroxyl groups excluding tert-OH is 1. The fraction of sp³-hybridized carbons (Fsp3) is 0.417. The molecule has 1 heterocycles. The first kappa shape index (κ1) is 10.6. The van der Waals surface area contributed by atoms with Crippen molar-refractivity contribution in [1.29, 1.82) is 0 Å². The largest absolute Gasteiger partial charge is 0.417 e. The second kappa shape index (κ2) is 3.45. The van der Waals surface area contributed by atoms with Gasteiger partial charge in [0.2, 0.25) is 0 Å². The van der Waals surface area contributed by atoms with Gasteiger partial charge in [-0.2, -0.15) is 0 Å². The highest BCUT2D eigenvalue weighted by atomic mass is 16.4. The van der Waals surface area contributed by atoms with Crippen LogP contribution in [0.5, 0.6) is 0 Å². The molecule has 0 bridgehead atoms. The van der Waals surface area contributed by atoms with E-state index >= 15 is 0 Å². The van der Waals surface area contributed by atoms with Gasteiger partial charge in [-0.3, -0.25) is 4.98 Å². The lowest BCUT2D eigenvalue weighted by Gasteiger charge is -2.21. The van der Waals surface area contributed by atoms with Crippen molar-refractivity contribution in [3.05, 3.63) is 34.3 Å². The smallest absolute Gasteiger partial charge is 0.408 e. The van der Waals surface area contributed by atoms with Gasteiger partial charge >= 0.3 is 5.76 Å². The summed E-state index contributed by atoms with van der Waals surface area (Å²) in [4.78, 5) is 13.6. The fourth-order valence-electron chi connectivity index (χ4n) is 2.24. The van der Waals surface area contributed by atoms with E-state index in [1.54, 1.807) is 6.07 Å². The molecule has 2 aromatic rings. The van der Waals surface area contributed by atoms with Crippen LogP contribution in [-0.2, 0) is 0 Å². The molecule has 5 nitrogen and oxygen atoms in total. The van der Waals surface area contributed by atoms with E-state index in [4.69, 9.17) is 10.2 Å². The van der Waals surface area contributed by atoms with Crippen LogP contribution in [-0.4, -0.2) is 16.7 Å². The van der Waals surface area contributed by atoms with Crippen molar-refractivity contribution in [2.75, 3.05) is 6.61 Å². The fourth-order valence-corrected chi connectivity index (χ4v) is 2.24. The summed E-state index contributed by atoms with van der Waals surface area (Å²) in [6.07, 6.45) is 1.90. The van der Waals surface area contributed by atoms with Crippen molar-refractivity contribution >= 4 is 11.1 Å². The standard InChI is InChI=1S/C12H14N2O3/c13-10(12(6-15)3-4-12)7-1-2-9-8(5-7)14-11(16)17-9/h1-2,5,10,15H,3-4,6,13H2,(H,14,16). The van der Waals surface area contributed by atoms with E-state index in [0.717, 1.165) is 18.4 Å². The normalized spacial score (nSPS) is 19.4. The highest BCUT2D eigenvalue weighted by molar-refractivity contribution is 5.73. The molecule has 1 saturated carbocycles. The van der Waals surface area contributed by atoms with Crippen molar-refractivity contribution in [3.63, 3.8) is 0 Å². The molecule has 3 rings (SSSR count). The molecule has 1 fully saturated rings. The number of rotatable bonds is 3. The molecule has 1 atom stereocenters. The Morgan fingerprint density at radius 3 is 2.94 bits per heavy atom. The van der Waals surface area contributed by atoms with Gasteiger partial charge in [-0.05, 0) is 30.5 Å². The van der Waals surface area contributed by atoms with Crippen LogP contribution < -0.4 is 11.5 Å². The zero-order valence-corrected chi connectivity index (χ0v) is 9.27. The second-order valence-corrected chi connectivity index (χ2v) is 4.77. The van der Waals surface area contributed by atoms with Crippen LogP contribution in [0.4, 0.5) is 0 Å². The Hall–Kier alpha value is -1.59. The average molecular weight is 234 g/mol. The van der Waals surface area contributed by atoms with Gasteiger partial charge in [-0.1, -0.05) is 6.07 Å². The van der Waals surface area contributed by atoms with Gasteiger partial charge < -0.3 is 15.3 Å². The summed E-state index contributed by atoms with van der Waals surface area (Å²) in [5.41, 5.74) is 8.09. The first-order valence-corrected chi connectivity index (χ1v) is 5.64. The van der Waals surface area contributed by atoms with Crippen LogP contribution in [0.3, 0.4) is 0 Å². The van der Waals surface area contributed by atoms with Crippen molar-refractivity contribution < 1.29 is 9.52 Å². The molecule has 1 unspecified atom stereocenters. The van der Waals surface area contributed by atoms with E-state index in [1.165, 1.54) is 0 Å². The number of hydrogen-bond donors (Lipinski definition) is 3. The number of nitrogens with two attached hydrogens (primary N) is 1. The number of nitrogens with one attached hydrogen (secondary N) is 1. The summed E-state index contributed by atoms with van der Waals surface area (Å²) in [5, 5.41) is 9.35. The van der Waals surface area contributed by atoms with Crippen LogP contribution in [0.15, 0.2) is 27.4 Å². The second-order valence-electron chi connectivity index (χ2n) is 4.77. The molecule has 0 spiro atoms. The number of hydrogen-bond acceptors (Lipinski definition) is 4. The Morgan fingerprint density at radius 2 is 2.29 bits per heavy atom. The maximum absolute atomic E-state index is 11.0. The molecule has 1 aromatic carbocycles. The van der Waals surface area contributed by atoms with Crippen LogP contribution >= 0.6 is 0 Å². The molecule has 0 saturated heterocycles. The van der Waals surface area contributed by atoms with E-state index in [1.807, 2.05) is 12.1 Å². The van der Waals surface area contributed by atoms with Gasteiger partial charge in [-0.15, -0.1) is 0 Å². The lowest BCUT2D eigenvalue weighted by molar-refractivity contribution is 0.188. The maximum atomic E-state index is 11.0. The Kier molecular flexibility index (Phi) is 2.14. The number of aliphatic hydroxyl groups is 1. The van der Waals surface area contributed by atoms with E-state index in [9.17, 15) is 9.90 Å². The Bertz CT molecular complexity index is 609. The van der Waals surface area contributed by atoms with Crippen molar-refractivity contribution in [3.8, 4) is 0 Å². The van der Waals surface area contributed by atoms with Gasteiger partial charge in [-0.25, -0.2) is 4.79 Å². The van der Waals surface area contributed by atoms with Gasteiger partial charge in [0, 0.05) is 11.5 Å². The zero-order valence-electron chi connectivity index (χ0n) is 9.27. The van der Waals surface area contributed by atoms with Crippen LogP contribution in [0, 0.1) is 5.41 Å². The summed E-state index contributed by atoms with van der Waals surface area (Å²) in [6.45, 7) is 0.105. The Morgan fingerprint density at radius 1 is 1.53 bits per heavy atom. The minimum absolute atomic E-state index is 0.105. The number of fused-ring (bicyclic) bond motifs is 1. The van der Waals surface area contributed by atoms with E-state index in [-0.39, 0.29) is 18.1 Å². The molecular weight excluding hydrogens is 220 g/mol. The molecule has 0 amide bonds. The maximum Gasteiger partial charge on any atom is 0.417 e. The van der Waals surface area contributed by atoms with Crippen LogP contribution in [0.25, 0.3) is 11.1 Å². The summed E-state index contributed by atoms with van der Waals surface area (Å²) < 4.78 is 4.93. The first-order chi connectivity index (χ1) is 8.14. The van der Waals surface area contributed by atoms with Crippen molar-refractivity contribution in [1.82, 2.24) is 4.98 Å². The monoisotopic (exact) mass is 234 g/mol. The SMILES string of the molecule is NC(c1ccc2oc(=O)[nH]c2c1)C1(CO)CC1. The molecule has 5 heteroatoms. The molecule has 17 heavy (non-hydrogen) atoms. The Labute approximate surface area is 97.2 Å². The van der Waals surface area contributed by atoms with E-state index in [2.05, 4.69) is 4.98 Å². The van der Waals surface area contributed by atoms with Gasteiger partial charge in [0.15, 0.2) is 5.58 Å². The minimum Gasteiger partial charge on any atom is -0.408 e. The molecular formula is C12H14N2O3. The molecule has 0 aliphatic heterocycles. The number of aromatic amines is 1. The molecule has 90 valence electrons. The zero-order chi connectivity index (χ0) is 12.0. The Balaban J connectivity index is 2.03. The van der Waals surface area contributed by atoms with Gasteiger partial charge in [0.25, 0.3) is 0 Å². The number of aromatic nitrogens is 1. The summed E-state index contributed by atoms with van der Waals surface area (Å²) in [7, 11) is 0. The number of H-pyrrole nitrogens is 1. The number of benzene rings is 1. The van der Waals surface area contributed by atoms with E-state index in [0.29, 0.717) is 11.1 Å². The van der Waals surface area contributed by atoms with Gasteiger partial charge in [0.05, 0.1) is 12.1 Å². The summed E-state index contributed by atoms with van der Waals surface area (Å²) in [6, 6.07) is 5.20. The first-order valence-electron chi connectivity index (χ1n) is 5.64. The van der Waals surface area contributed by atoms with Crippen LogP contribution in [0.1, 0.15) is 24.4 Å².